The lowest BCUT2D eigenvalue weighted by Crippen LogP contribution is -2.30. The highest BCUT2D eigenvalue weighted by molar-refractivity contribution is 7.99. The summed E-state index contributed by atoms with van der Waals surface area (Å²) in [6, 6.07) is 7.77. The van der Waals surface area contributed by atoms with Gasteiger partial charge in [-0.15, -0.1) is 0 Å². The number of hydrogen-bond acceptors (Lipinski definition) is 6. The van der Waals surface area contributed by atoms with Gasteiger partial charge in [-0.2, -0.15) is 0 Å². The van der Waals surface area contributed by atoms with Crippen molar-refractivity contribution in [3.05, 3.63) is 50.7 Å². The zero-order valence-corrected chi connectivity index (χ0v) is 19.8. The largest absolute Gasteiger partial charge is 0.491 e. The van der Waals surface area contributed by atoms with Crippen molar-refractivity contribution >= 4 is 22.9 Å². The van der Waals surface area contributed by atoms with Crippen LogP contribution in [-0.2, 0) is 20.0 Å². The van der Waals surface area contributed by atoms with Gasteiger partial charge in [0.05, 0.1) is 6.54 Å². The molecule has 0 amide bonds. The topological polar surface area (TPSA) is 102 Å². The van der Waals surface area contributed by atoms with Crippen molar-refractivity contribution in [2.24, 2.45) is 7.05 Å². The van der Waals surface area contributed by atoms with E-state index >= 15 is 0 Å². The standard InChI is InChI=1S/C23H32N4O4S/c1-4-6-7-8-13-32-23-24-20-19(21(29)25-22(30)26(20)3)27(23)14-17(28)15-31-18-11-9-16(5-2)10-12-18/h9-12,17,28H,4-8,13-15H2,1-3H3,(H,25,29,30)/t17-/m1/s1. The summed E-state index contributed by atoms with van der Waals surface area (Å²) in [5.74, 6) is 1.54. The Bertz CT molecular complexity index is 1130. The van der Waals surface area contributed by atoms with Crippen molar-refractivity contribution < 1.29 is 9.84 Å². The molecule has 2 aromatic heterocycles. The molecular weight excluding hydrogens is 428 g/mol. The quantitative estimate of drug-likeness (QED) is 0.318. The molecule has 1 atom stereocenters. The van der Waals surface area contributed by atoms with E-state index in [2.05, 4.69) is 23.8 Å². The second-order valence-electron chi connectivity index (χ2n) is 7.87. The van der Waals surface area contributed by atoms with Crippen molar-refractivity contribution in [2.75, 3.05) is 12.4 Å². The maximum atomic E-state index is 12.6. The molecule has 32 heavy (non-hydrogen) atoms. The molecule has 0 radical (unpaired) electrons. The molecule has 9 heteroatoms. The SMILES string of the molecule is CCCCCCSc1nc2c(c(=O)[nH]c(=O)n2C)n1C[C@@H](O)COc1ccc(CC)cc1. The number of aromatic nitrogens is 4. The second-order valence-corrected chi connectivity index (χ2v) is 8.93. The van der Waals surface area contributed by atoms with Crippen LogP contribution in [0.5, 0.6) is 5.75 Å². The number of thioether (sulfide) groups is 1. The van der Waals surface area contributed by atoms with E-state index in [1.807, 2.05) is 24.3 Å². The summed E-state index contributed by atoms with van der Waals surface area (Å²) in [5, 5.41) is 11.3. The molecule has 1 aromatic carbocycles. The molecule has 3 aromatic rings. The average molecular weight is 461 g/mol. The average Bonchev–Trinajstić information content (AvgIpc) is 3.15. The minimum absolute atomic E-state index is 0.0788. The van der Waals surface area contributed by atoms with Crippen molar-refractivity contribution in [2.45, 2.75) is 63.8 Å². The number of aromatic amines is 1. The fraction of sp³-hybridized carbons (Fsp3) is 0.522. The van der Waals surface area contributed by atoms with Gasteiger partial charge in [0.25, 0.3) is 5.56 Å². The Kier molecular flexibility index (Phi) is 8.58. The Morgan fingerprint density at radius 1 is 1.16 bits per heavy atom. The van der Waals surface area contributed by atoms with Gasteiger partial charge in [0, 0.05) is 12.8 Å². The minimum atomic E-state index is -0.852. The molecule has 0 saturated carbocycles. The van der Waals surface area contributed by atoms with Gasteiger partial charge in [0.15, 0.2) is 16.3 Å². The fourth-order valence-electron chi connectivity index (χ4n) is 3.46. The van der Waals surface area contributed by atoms with Crippen molar-refractivity contribution in [1.82, 2.24) is 19.1 Å². The first-order chi connectivity index (χ1) is 15.4. The number of aryl methyl sites for hydroxylation is 2. The predicted octanol–water partition coefficient (Wildman–Crippen LogP) is 3.10. The van der Waals surface area contributed by atoms with Crippen molar-refractivity contribution in [3.8, 4) is 5.75 Å². The highest BCUT2D eigenvalue weighted by Gasteiger charge is 2.20. The predicted molar refractivity (Wildman–Crippen MR) is 128 cm³/mol. The number of nitrogens with zero attached hydrogens (tertiary/aromatic N) is 3. The van der Waals surface area contributed by atoms with Crippen LogP contribution in [0.15, 0.2) is 39.0 Å². The number of ether oxygens (including phenoxy) is 1. The number of imidazole rings is 1. The number of benzene rings is 1. The van der Waals surface area contributed by atoms with E-state index in [0.29, 0.717) is 16.6 Å². The molecule has 2 heterocycles. The van der Waals surface area contributed by atoms with Crippen LogP contribution >= 0.6 is 11.8 Å². The van der Waals surface area contributed by atoms with Gasteiger partial charge >= 0.3 is 5.69 Å². The van der Waals surface area contributed by atoms with E-state index in [0.717, 1.165) is 31.4 Å². The molecule has 0 saturated heterocycles. The summed E-state index contributed by atoms with van der Waals surface area (Å²) in [4.78, 5) is 31.5. The number of hydrogen-bond donors (Lipinski definition) is 2. The number of unbranched alkanes of at least 4 members (excludes halogenated alkanes) is 3. The third-order valence-electron chi connectivity index (χ3n) is 5.37. The molecule has 174 valence electrons. The summed E-state index contributed by atoms with van der Waals surface area (Å²) in [7, 11) is 1.58. The number of aliphatic hydroxyl groups excluding tert-OH is 1. The van der Waals surface area contributed by atoms with Crippen LogP contribution in [0.2, 0.25) is 0 Å². The number of nitrogens with one attached hydrogen (secondary N) is 1. The molecule has 8 nitrogen and oxygen atoms in total. The summed E-state index contributed by atoms with van der Waals surface area (Å²) >= 11 is 1.54. The van der Waals surface area contributed by atoms with Gasteiger partial charge in [-0.25, -0.2) is 9.78 Å². The van der Waals surface area contributed by atoms with Crippen molar-refractivity contribution in [1.29, 1.82) is 0 Å². The Morgan fingerprint density at radius 3 is 2.59 bits per heavy atom. The fourth-order valence-corrected chi connectivity index (χ4v) is 4.47. The van der Waals surface area contributed by atoms with Gasteiger partial charge in [0.2, 0.25) is 0 Å². The highest BCUT2D eigenvalue weighted by atomic mass is 32.2. The summed E-state index contributed by atoms with van der Waals surface area (Å²) in [5.41, 5.74) is 0.809. The van der Waals surface area contributed by atoms with E-state index in [1.54, 1.807) is 11.6 Å². The minimum Gasteiger partial charge on any atom is -0.491 e. The zero-order chi connectivity index (χ0) is 23.1. The molecule has 0 fully saturated rings. The molecule has 0 aliphatic rings. The number of H-pyrrole nitrogens is 1. The van der Waals surface area contributed by atoms with Crippen LogP contribution in [0.1, 0.15) is 45.1 Å². The Balaban J connectivity index is 1.78. The van der Waals surface area contributed by atoms with Gasteiger partial charge in [-0.05, 0) is 30.5 Å². The molecule has 0 bridgehead atoms. The highest BCUT2D eigenvalue weighted by Crippen LogP contribution is 2.23. The van der Waals surface area contributed by atoms with Gasteiger partial charge in [-0.3, -0.25) is 14.3 Å². The van der Waals surface area contributed by atoms with E-state index in [9.17, 15) is 14.7 Å². The van der Waals surface area contributed by atoms with Crippen LogP contribution in [0.3, 0.4) is 0 Å². The van der Waals surface area contributed by atoms with Crippen LogP contribution in [-0.4, -0.2) is 42.7 Å². The molecule has 0 unspecified atom stereocenters. The monoisotopic (exact) mass is 460 g/mol. The van der Waals surface area contributed by atoms with Crippen LogP contribution in [0.25, 0.3) is 11.2 Å². The summed E-state index contributed by atoms with van der Waals surface area (Å²) < 4.78 is 8.76. The molecule has 0 spiro atoms. The molecular formula is C23H32N4O4S. The van der Waals surface area contributed by atoms with Gasteiger partial charge < -0.3 is 14.4 Å². The maximum absolute atomic E-state index is 12.6. The first kappa shape index (κ1) is 24.1. The molecule has 3 rings (SSSR count). The smallest absolute Gasteiger partial charge is 0.329 e. The third-order valence-corrected chi connectivity index (χ3v) is 6.43. The lowest BCUT2D eigenvalue weighted by atomic mass is 10.2. The van der Waals surface area contributed by atoms with Crippen molar-refractivity contribution in [3.63, 3.8) is 0 Å². The number of rotatable bonds is 12. The van der Waals surface area contributed by atoms with Gasteiger partial charge in [-0.1, -0.05) is 57.0 Å². The second kappa shape index (κ2) is 11.4. The molecule has 0 aliphatic heterocycles. The van der Waals surface area contributed by atoms with E-state index in [1.165, 1.54) is 28.3 Å². The van der Waals surface area contributed by atoms with E-state index < -0.39 is 17.4 Å². The first-order valence-corrected chi connectivity index (χ1v) is 12.1. The normalized spacial score (nSPS) is 12.4. The van der Waals surface area contributed by atoms with Crippen LogP contribution in [0, 0.1) is 0 Å². The Morgan fingerprint density at radius 2 is 1.91 bits per heavy atom. The molecule has 0 aliphatic carbocycles. The van der Waals surface area contributed by atoms with Crippen LogP contribution in [0.4, 0.5) is 0 Å². The van der Waals surface area contributed by atoms with E-state index in [-0.39, 0.29) is 18.7 Å². The third kappa shape index (κ3) is 5.83. The lowest BCUT2D eigenvalue weighted by molar-refractivity contribution is 0.0913. The van der Waals surface area contributed by atoms with Gasteiger partial charge in [0.1, 0.15) is 18.5 Å². The maximum Gasteiger partial charge on any atom is 0.329 e. The Labute approximate surface area is 191 Å². The lowest BCUT2D eigenvalue weighted by Gasteiger charge is -2.15. The zero-order valence-electron chi connectivity index (χ0n) is 19.0. The Hall–Kier alpha value is -2.52. The van der Waals surface area contributed by atoms with Crippen LogP contribution < -0.4 is 16.0 Å². The number of aliphatic hydroxyl groups is 1. The number of fused-ring (bicyclic) bond motifs is 1. The molecule has 2 N–H and O–H groups in total. The summed E-state index contributed by atoms with van der Waals surface area (Å²) in [6.45, 7) is 4.48. The van der Waals surface area contributed by atoms with E-state index in [4.69, 9.17) is 4.74 Å². The first-order valence-electron chi connectivity index (χ1n) is 11.2. The summed E-state index contributed by atoms with van der Waals surface area (Å²) in [6.07, 6.45) is 4.61.